The molecule has 7 atom stereocenters. The molecule has 0 spiro atoms. The second-order valence-corrected chi connectivity index (χ2v) is 11.2. The maximum absolute atomic E-state index is 13.2. The van der Waals surface area contributed by atoms with Crippen LogP contribution in [0.4, 0.5) is 0 Å². The van der Waals surface area contributed by atoms with Gasteiger partial charge in [0.1, 0.15) is 11.5 Å². The standard InChI is InChI=1S/C26H36O6/c1-14-12-19-17-8-7-16-13-20(28)22(31)23(32)25(16,4)18(17)9-11-24(19,3)26(14,15(2)27)10-5-6-21(29)30/h13-14,17-19,31-32H,5-12H2,1-4H3,(H,29,30)/t14-,17+,18-,19-,24-,25-,26+/m0/s1. The summed E-state index contributed by atoms with van der Waals surface area (Å²) in [5.74, 6) is -1.06. The lowest BCUT2D eigenvalue weighted by Crippen LogP contribution is -2.55. The van der Waals surface area contributed by atoms with Crippen LogP contribution in [0.25, 0.3) is 0 Å². The Morgan fingerprint density at radius 1 is 1.16 bits per heavy atom. The van der Waals surface area contributed by atoms with E-state index in [2.05, 4.69) is 13.8 Å². The molecule has 0 radical (unpaired) electrons. The number of hydrogen-bond acceptors (Lipinski definition) is 5. The van der Waals surface area contributed by atoms with Crippen molar-refractivity contribution in [2.24, 2.45) is 39.9 Å². The van der Waals surface area contributed by atoms with Crippen molar-refractivity contribution in [1.82, 2.24) is 0 Å². The first-order valence-corrected chi connectivity index (χ1v) is 12.0. The molecular weight excluding hydrogens is 408 g/mol. The Hall–Kier alpha value is -2.11. The number of carbonyl (C=O) groups is 3. The van der Waals surface area contributed by atoms with E-state index in [1.807, 2.05) is 6.92 Å². The molecule has 0 aromatic heterocycles. The number of hydrogen-bond donors (Lipinski definition) is 3. The predicted molar refractivity (Wildman–Crippen MR) is 119 cm³/mol. The van der Waals surface area contributed by atoms with E-state index in [0.717, 1.165) is 31.3 Å². The summed E-state index contributed by atoms with van der Waals surface area (Å²) in [6, 6.07) is 0. The smallest absolute Gasteiger partial charge is 0.303 e. The van der Waals surface area contributed by atoms with Crippen LogP contribution < -0.4 is 0 Å². The molecule has 32 heavy (non-hydrogen) atoms. The average molecular weight is 445 g/mol. The van der Waals surface area contributed by atoms with E-state index in [9.17, 15) is 24.6 Å². The highest BCUT2D eigenvalue weighted by Gasteiger charge is 2.68. The minimum absolute atomic E-state index is 0.0761. The SMILES string of the molecule is CC(=O)[C@@]1(CCCC(=O)O)[C@@H](C)C[C@H]2[C@@H]3CCC4=CC(=O)C(O)=C(O)[C@]4(C)[C@H]3CC[C@@]21C. The summed E-state index contributed by atoms with van der Waals surface area (Å²) in [5.41, 5.74) is -0.581. The fraction of sp³-hybridized carbons (Fsp3) is 0.731. The van der Waals surface area contributed by atoms with Gasteiger partial charge in [-0.1, -0.05) is 19.4 Å². The van der Waals surface area contributed by atoms with E-state index >= 15 is 0 Å². The number of aliphatic hydroxyl groups excluding tert-OH is 2. The van der Waals surface area contributed by atoms with Crippen LogP contribution in [0.1, 0.15) is 79.1 Å². The van der Waals surface area contributed by atoms with Crippen molar-refractivity contribution in [3.05, 3.63) is 23.2 Å². The normalized spacial score (nSPS) is 43.2. The number of allylic oxidation sites excluding steroid dienone is 2. The monoisotopic (exact) mass is 444 g/mol. The summed E-state index contributed by atoms with van der Waals surface area (Å²) in [4.78, 5) is 36.5. The zero-order valence-corrected chi connectivity index (χ0v) is 19.6. The molecule has 0 heterocycles. The number of aliphatic hydroxyl groups is 2. The van der Waals surface area contributed by atoms with Crippen molar-refractivity contribution >= 4 is 17.5 Å². The van der Waals surface area contributed by atoms with Crippen LogP contribution in [0.15, 0.2) is 23.2 Å². The molecule has 3 fully saturated rings. The molecule has 6 heteroatoms. The van der Waals surface area contributed by atoms with Gasteiger partial charge in [-0.3, -0.25) is 14.4 Å². The molecule has 4 aliphatic rings. The maximum atomic E-state index is 13.2. The zero-order chi connectivity index (χ0) is 23.6. The summed E-state index contributed by atoms with van der Waals surface area (Å²) in [6.07, 6.45) is 6.84. The highest BCUT2D eigenvalue weighted by molar-refractivity contribution is 6.04. The second kappa shape index (κ2) is 7.46. The predicted octanol–water partition coefficient (Wildman–Crippen LogP) is 5.14. The quantitative estimate of drug-likeness (QED) is 0.541. The first kappa shape index (κ1) is 23.1. The van der Waals surface area contributed by atoms with Crippen LogP contribution >= 0.6 is 0 Å². The molecule has 4 aliphatic carbocycles. The van der Waals surface area contributed by atoms with Crippen molar-refractivity contribution in [2.75, 3.05) is 0 Å². The molecule has 0 aromatic carbocycles. The second-order valence-electron chi connectivity index (χ2n) is 11.2. The molecule has 176 valence electrons. The molecule has 0 amide bonds. The lowest BCUT2D eigenvalue weighted by molar-refractivity contribution is -0.146. The van der Waals surface area contributed by atoms with Gasteiger partial charge in [0, 0.05) is 11.8 Å². The molecule has 0 saturated heterocycles. The van der Waals surface area contributed by atoms with E-state index in [-0.39, 0.29) is 47.0 Å². The first-order valence-electron chi connectivity index (χ1n) is 12.0. The van der Waals surface area contributed by atoms with Crippen LogP contribution in [-0.2, 0) is 14.4 Å². The summed E-state index contributed by atoms with van der Waals surface area (Å²) in [6.45, 7) is 8.03. The number of rotatable bonds is 5. The molecule has 6 nitrogen and oxygen atoms in total. The molecule has 0 bridgehead atoms. The summed E-state index contributed by atoms with van der Waals surface area (Å²) in [7, 11) is 0. The highest BCUT2D eigenvalue weighted by atomic mass is 16.4. The largest absolute Gasteiger partial charge is 0.507 e. The lowest BCUT2D eigenvalue weighted by Gasteiger charge is -2.59. The zero-order valence-electron chi connectivity index (χ0n) is 19.6. The molecule has 0 aliphatic heterocycles. The van der Waals surface area contributed by atoms with E-state index < -0.39 is 28.3 Å². The summed E-state index contributed by atoms with van der Waals surface area (Å²) in [5, 5.41) is 30.3. The molecule has 0 unspecified atom stereocenters. The summed E-state index contributed by atoms with van der Waals surface area (Å²) < 4.78 is 0. The molecule has 3 N–H and O–H groups in total. The fourth-order valence-corrected chi connectivity index (χ4v) is 8.80. The Morgan fingerprint density at radius 3 is 2.47 bits per heavy atom. The van der Waals surface area contributed by atoms with Gasteiger partial charge in [0.25, 0.3) is 0 Å². The van der Waals surface area contributed by atoms with E-state index in [1.54, 1.807) is 6.92 Å². The van der Waals surface area contributed by atoms with Gasteiger partial charge in [-0.15, -0.1) is 0 Å². The van der Waals surface area contributed by atoms with Gasteiger partial charge in [-0.25, -0.2) is 0 Å². The number of carboxylic acid groups (broad SMARTS) is 1. The van der Waals surface area contributed by atoms with Crippen molar-refractivity contribution in [2.45, 2.75) is 79.1 Å². The van der Waals surface area contributed by atoms with E-state index in [4.69, 9.17) is 5.11 Å². The Balaban J connectivity index is 1.72. The molecule has 0 aromatic rings. The minimum Gasteiger partial charge on any atom is -0.507 e. The van der Waals surface area contributed by atoms with E-state index in [1.165, 1.54) is 6.08 Å². The van der Waals surface area contributed by atoms with Crippen molar-refractivity contribution in [3.8, 4) is 0 Å². The molecule has 3 saturated carbocycles. The Morgan fingerprint density at radius 2 is 1.84 bits per heavy atom. The van der Waals surface area contributed by atoms with Crippen molar-refractivity contribution in [1.29, 1.82) is 0 Å². The van der Waals surface area contributed by atoms with Crippen molar-refractivity contribution in [3.63, 3.8) is 0 Å². The maximum Gasteiger partial charge on any atom is 0.303 e. The number of aliphatic carboxylic acids is 1. The summed E-state index contributed by atoms with van der Waals surface area (Å²) >= 11 is 0. The Labute approximate surface area is 189 Å². The number of Topliss-reactive ketones (excluding diaryl/α,β-unsaturated/α-hetero) is 1. The van der Waals surface area contributed by atoms with E-state index in [0.29, 0.717) is 19.3 Å². The van der Waals surface area contributed by atoms with Gasteiger partial charge in [-0.05, 0) is 94.0 Å². The lowest BCUT2D eigenvalue weighted by atomic mass is 9.44. The highest BCUT2D eigenvalue weighted by Crippen LogP contribution is 2.72. The van der Waals surface area contributed by atoms with Crippen LogP contribution in [-0.4, -0.2) is 32.9 Å². The molecular formula is C26H36O6. The van der Waals surface area contributed by atoms with Crippen LogP contribution in [0.3, 0.4) is 0 Å². The van der Waals surface area contributed by atoms with Gasteiger partial charge in [0.15, 0.2) is 0 Å². The minimum atomic E-state index is -0.826. The number of carbonyl (C=O) groups excluding carboxylic acids is 2. The van der Waals surface area contributed by atoms with Gasteiger partial charge >= 0.3 is 5.97 Å². The van der Waals surface area contributed by atoms with Crippen LogP contribution in [0.5, 0.6) is 0 Å². The molecule has 4 rings (SSSR count). The number of ketones is 2. The third-order valence-corrected chi connectivity index (χ3v) is 10.3. The van der Waals surface area contributed by atoms with Gasteiger partial charge in [0.2, 0.25) is 11.5 Å². The van der Waals surface area contributed by atoms with Gasteiger partial charge < -0.3 is 15.3 Å². The van der Waals surface area contributed by atoms with Crippen LogP contribution in [0.2, 0.25) is 0 Å². The third-order valence-electron chi connectivity index (χ3n) is 10.3. The fourth-order valence-electron chi connectivity index (χ4n) is 8.80. The first-order chi connectivity index (χ1) is 14.9. The van der Waals surface area contributed by atoms with Gasteiger partial charge in [0.05, 0.1) is 5.41 Å². The topological polar surface area (TPSA) is 112 Å². The average Bonchev–Trinajstić information content (AvgIpc) is 2.95. The van der Waals surface area contributed by atoms with Crippen LogP contribution in [0, 0.1) is 39.9 Å². The van der Waals surface area contributed by atoms with Gasteiger partial charge in [-0.2, -0.15) is 0 Å². The number of fused-ring (bicyclic) bond motifs is 5. The Bertz CT molecular complexity index is 931. The van der Waals surface area contributed by atoms with Crippen molar-refractivity contribution < 1.29 is 29.7 Å². The third kappa shape index (κ3) is 2.80. The number of carboxylic acids is 1. The Kier molecular flexibility index (Phi) is 5.38.